The van der Waals surface area contributed by atoms with E-state index in [0.717, 1.165) is 11.2 Å². The molecule has 0 radical (unpaired) electrons. The number of methoxy groups -OCH3 is 1. The lowest BCUT2D eigenvalue weighted by atomic mass is 10.2. The maximum atomic E-state index is 14.9. The summed E-state index contributed by atoms with van der Waals surface area (Å²) >= 11 is 1.63. The normalized spacial score (nSPS) is 13.9. The van der Waals surface area contributed by atoms with Crippen LogP contribution < -0.4 is 20.9 Å². The minimum Gasteiger partial charge on any atom is -0.383 e. The first-order valence-corrected chi connectivity index (χ1v) is 13.1. The summed E-state index contributed by atoms with van der Waals surface area (Å²) in [6.07, 6.45) is 5.37. The Hall–Kier alpha value is -3.16. The molecule has 0 saturated carbocycles. The molecule has 13 heteroatoms. The van der Waals surface area contributed by atoms with Gasteiger partial charge in [-0.05, 0) is 25.4 Å². The lowest BCUT2D eigenvalue weighted by Crippen LogP contribution is -2.50. The fourth-order valence-electron chi connectivity index (χ4n) is 4.07. The van der Waals surface area contributed by atoms with Crippen molar-refractivity contribution in [3.63, 3.8) is 0 Å². The van der Waals surface area contributed by atoms with Crippen LogP contribution in [0.3, 0.4) is 0 Å². The Morgan fingerprint density at radius 1 is 1.22 bits per heavy atom. The molecule has 11 nitrogen and oxygen atoms in total. The summed E-state index contributed by atoms with van der Waals surface area (Å²) in [6, 6.07) is 3.16. The largest absolute Gasteiger partial charge is 0.383 e. The van der Waals surface area contributed by atoms with Crippen molar-refractivity contribution in [2.24, 2.45) is 0 Å². The summed E-state index contributed by atoms with van der Waals surface area (Å²) < 4.78 is 21.8. The molecule has 1 aliphatic rings. The number of aromatic nitrogens is 4. The van der Waals surface area contributed by atoms with Crippen molar-refractivity contribution in [2.45, 2.75) is 6.54 Å². The van der Waals surface area contributed by atoms with Gasteiger partial charge in [-0.3, -0.25) is 9.48 Å². The summed E-state index contributed by atoms with van der Waals surface area (Å²) in [6.45, 7) is 4.01. The number of rotatable bonds is 11. The van der Waals surface area contributed by atoms with Gasteiger partial charge in [0.15, 0.2) is 5.82 Å². The first kappa shape index (κ1) is 25.9. The zero-order chi connectivity index (χ0) is 25.5. The van der Waals surface area contributed by atoms with Gasteiger partial charge in [-0.1, -0.05) is 0 Å². The number of carbonyl (C=O) groups excluding carboxylic acids is 1. The van der Waals surface area contributed by atoms with Crippen LogP contribution in [0, 0.1) is 5.82 Å². The molecule has 1 amide bonds. The highest BCUT2D eigenvalue weighted by molar-refractivity contribution is 7.98. The van der Waals surface area contributed by atoms with Crippen molar-refractivity contribution < 1.29 is 13.9 Å². The van der Waals surface area contributed by atoms with Crippen LogP contribution in [0.15, 0.2) is 24.5 Å². The van der Waals surface area contributed by atoms with E-state index in [1.807, 2.05) is 11.2 Å². The molecular weight excluding hydrogens is 485 g/mol. The van der Waals surface area contributed by atoms with E-state index < -0.39 is 5.82 Å². The Kier molecular flexibility index (Phi) is 8.78. The highest BCUT2D eigenvalue weighted by Crippen LogP contribution is 2.29. The summed E-state index contributed by atoms with van der Waals surface area (Å²) in [7, 11) is 3.40. The van der Waals surface area contributed by atoms with E-state index in [2.05, 4.69) is 35.9 Å². The fraction of sp³-hybridized carbons (Fsp3) is 0.478. The molecule has 0 bridgehead atoms. The number of fused-ring (bicyclic) bond motifs is 1. The number of nitrogens with one attached hydrogen (secondary N) is 3. The number of hydrogen-bond donors (Lipinski definition) is 3. The van der Waals surface area contributed by atoms with Crippen LogP contribution >= 0.6 is 11.8 Å². The molecule has 3 heterocycles. The second-order valence-electron chi connectivity index (χ2n) is 8.31. The van der Waals surface area contributed by atoms with Crippen LogP contribution in [-0.4, -0.2) is 96.2 Å². The maximum Gasteiger partial charge on any atom is 0.236 e. The van der Waals surface area contributed by atoms with Gasteiger partial charge in [-0.15, -0.1) is 11.8 Å². The first-order chi connectivity index (χ1) is 17.5. The van der Waals surface area contributed by atoms with E-state index in [-0.39, 0.29) is 17.5 Å². The van der Waals surface area contributed by atoms with Crippen molar-refractivity contribution in [2.75, 3.05) is 81.2 Å². The Morgan fingerprint density at radius 2 is 2.03 bits per heavy atom. The number of piperazine rings is 1. The van der Waals surface area contributed by atoms with Crippen LogP contribution in [0.5, 0.6) is 0 Å². The van der Waals surface area contributed by atoms with Gasteiger partial charge in [0.2, 0.25) is 11.9 Å². The van der Waals surface area contributed by atoms with Crippen LogP contribution in [-0.2, 0) is 16.1 Å². The molecule has 0 aliphatic carbocycles. The van der Waals surface area contributed by atoms with Gasteiger partial charge in [0.05, 0.1) is 54.9 Å². The Morgan fingerprint density at radius 3 is 2.75 bits per heavy atom. The number of hydrogen-bond acceptors (Lipinski definition) is 10. The fourth-order valence-corrected chi connectivity index (χ4v) is 4.35. The van der Waals surface area contributed by atoms with Crippen molar-refractivity contribution in [3.05, 3.63) is 30.3 Å². The summed E-state index contributed by atoms with van der Waals surface area (Å²) in [5.74, 6) is 1.27. The average Bonchev–Trinajstić information content (AvgIpc) is 3.28. The average molecular weight is 518 g/mol. The monoisotopic (exact) mass is 517 g/mol. The minimum atomic E-state index is -0.414. The van der Waals surface area contributed by atoms with Gasteiger partial charge in [0, 0.05) is 38.7 Å². The Labute approximate surface area is 213 Å². The molecule has 1 aromatic carbocycles. The maximum absolute atomic E-state index is 14.9. The SMILES string of the molecule is CNCC(=O)N1CCN(c2cnc(Nc3cc4c(cnn4CCOC)cc3F)nc2NCSC)CC1. The number of carbonyl (C=O) groups is 1. The van der Waals surface area contributed by atoms with Gasteiger partial charge >= 0.3 is 0 Å². The van der Waals surface area contributed by atoms with Gasteiger partial charge in [-0.2, -0.15) is 10.1 Å². The molecule has 0 atom stereocenters. The second kappa shape index (κ2) is 12.2. The van der Waals surface area contributed by atoms with Gasteiger partial charge in [0.1, 0.15) is 5.82 Å². The van der Waals surface area contributed by atoms with Crippen molar-refractivity contribution in [3.8, 4) is 0 Å². The van der Waals surface area contributed by atoms with Crippen LogP contribution in [0.25, 0.3) is 10.9 Å². The Bertz CT molecular complexity index is 1180. The predicted octanol–water partition coefficient (Wildman–Crippen LogP) is 1.96. The number of anilines is 4. The molecule has 1 aliphatic heterocycles. The first-order valence-electron chi connectivity index (χ1n) is 11.7. The summed E-state index contributed by atoms with van der Waals surface area (Å²) in [5.41, 5.74) is 1.91. The number of nitrogens with zero attached hydrogens (tertiary/aromatic N) is 6. The standard InChI is InChI=1S/C23H32FN9O2S/c1-25-14-21(34)32-6-4-31(5-7-32)20-13-26-23(30-22(20)27-15-36-3)29-18-11-19-16(10-17(18)24)12-28-33(19)8-9-35-2/h10-13,25H,4-9,14-15H2,1-3H3,(H2,26,27,29,30). The minimum absolute atomic E-state index is 0.0937. The number of ether oxygens (including phenoxy) is 1. The van der Waals surface area contributed by atoms with E-state index in [4.69, 9.17) is 4.74 Å². The molecule has 1 fully saturated rings. The topological polar surface area (TPSA) is 112 Å². The van der Waals surface area contributed by atoms with E-state index in [0.29, 0.717) is 63.0 Å². The van der Waals surface area contributed by atoms with Crippen molar-refractivity contribution in [1.29, 1.82) is 0 Å². The van der Waals surface area contributed by atoms with E-state index in [1.165, 1.54) is 6.07 Å². The molecule has 2 aromatic heterocycles. The highest BCUT2D eigenvalue weighted by Gasteiger charge is 2.23. The van der Waals surface area contributed by atoms with E-state index >= 15 is 0 Å². The number of halogens is 1. The lowest BCUT2D eigenvalue weighted by molar-refractivity contribution is -0.130. The molecule has 4 rings (SSSR count). The molecule has 0 unspecified atom stereocenters. The molecular formula is C23H32FN9O2S. The van der Waals surface area contributed by atoms with Crippen molar-refractivity contribution in [1.82, 2.24) is 30.0 Å². The highest BCUT2D eigenvalue weighted by atomic mass is 32.2. The molecule has 194 valence electrons. The zero-order valence-corrected chi connectivity index (χ0v) is 21.6. The molecule has 3 aromatic rings. The molecule has 0 spiro atoms. The number of amides is 1. The van der Waals surface area contributed by atoms with Crippen LogP contribution in [0.2, 0.25) is 0 Å². The number of benzene rings is 1. The Balaban J connectivity index is 1.54. The lowest BCUT2D eigenvalue weighted by Gasteiger charge is -2.36. The summed E-state index contributed by atoms with van der Waals surface area (Å²) in [4.78, 5) is 25.3. The molecule has 1 saturated heterocycles. The van der Waals surface area contributed by atoms with E-state index in [9.17, 15) is 9.18 Å². The predicted molar refractivity (Wildman–Crippen MR) is 142 cm³/mol. The van der Waals surface area contributed by atoms with Gasteiger partial charge in [-0.25, -0.2) is 9.37 Å². The quantitative estimate of drug-likeness (QED) is 0.326. The number of thioether (sulfide) groups is 1. The third-order valence-corrected chi connectivity index (χ3v) is 6.37. The second-order valence-corrected chi connectivity index (χ2v) is 9.18. The third kappa shape index (κ3) is 5.97. The number of likely N-dealkylation sites (N-methyl/N-ethyl adjacent to an activating group) is 1. The van der Waals surface area contributed by atoms with E-state index in [1.54, 1.807) is 49.1 Å². The molecule has 3 N–H and O–H groups in total. The van der Waals surface area contributed by atoms with Crippen molar-refractivity contribution >= 4 is 51.7 Å². The van der Waals surface area contributed by atoms with Gasteiger partial charge < -0.3 is 30.5 Å². The smallest absolute Gasteiger partial charge is 0.236 e. The van der Waals surface area contributed by atoms with Crippen LogP contribution in [0.4, 0.5) is 27.5 Å². The van der Waals surface area contributed by atoms with Gasteiger partial charge in [0.25, 0.3) is 0 Å². The molecule has 36 heavy (non-hydrogen) atoms. The summed E-state index contributed by atoms with van der Waals surface area (Å²) in [5, 5.41) is 14.3. The zero-order valence-electron chi connectivity index (χ0n) is 20.8. The van der Waals surface area contributed by atoms with Crippen LogP contribution in [0.1, 0.15) is 0 Å². The third-order valence-electron chi connectivity index (χ3n) is 5.94.